The summed E-state index contributed by atoms with van der Waals surface area (Å²) in [5.74, 6) is -0.318. The van der Waals surface area contributed by atoms with Gasteiger partial charge in [0.1, 0.15) is 5.78 Å². The first-order valence-electron chi connectivity index (χ1n) is 8.54. The van der Waals surface area contributed by atoms with E-state index in [-0.39, 0.29) is 12.2 Å². The fourth-order valence-corrected chi connectivity index (χ4v) is 2.79. The number of carbonyl (C=O) groups is 1. The molecule has 22 heavy (non-hydrogen) atoms. The first-order valence-corrected chi connectivity index (χ1v) is 10.0. The summed E-state index contributed by atoms with van der Waals surface area (Å²) >= 11 is 0. The summed E-state index contributed by atoms with van der Waals surface area (Å²) < 4.78 is 29.7. The summed E-state index contributed by atoms with van der Waals surface area (Å²) in [7, 11) is -4.52. The average molecular weight is 336 g/mol. The van der Waals surface area contributed by atoms with Gasteiger partial charge in [-0.1, -0.05) is 71.1 Å². The standard InChI is InChI=1S/C16H32O5S/c1-2-3-4-5-6-7-8-9-10-11-12-13-15(17)14-16(18)22(19,20)21/h16,18H,2-14H2,1H3,(H,19,20,21). The zero-order valence-electron chi connectivity index (χ0n) is 13.8. The third kappa shape index (κ3) is 13.2. The van der Waals surface area contributed by atoms with E-state index in [1.54, 1.807) is 0 Å². The van der Waals surface area contributed by atoms with Gasteiger partial charge < -0.3 is 5.11 Å². The molecule has 0 saturated heterocycles. The fourth-order valence-electron chi connectivity index (χ4n) is 2.39. The van der Waals surface area contributed by atoms with E-state index < -0.39 is 22.0 Å². The van der Waals surface area contributed by atoms with Crippen molar-refractivity contribution in [2.45, 2.75) is 95.8 Å². The van der Waals surface area contributed by atoms with E-state index in [2.05, 4.69) is 6.92 Å². The molecule has 0 aliphatic carbocycles. The number of hydrogen-bond acceptors (Lipinski definition) is 4. The van der Waals surface area contributed by atoms with Crippen LogP contribution in [0.1, 0.15) is 90.4 Å². The van der Waals surface area contributed by atoms with E-state index >= 15 is 0 Å². The number of hydrogen-bond donors (Lipinski definition) is 2. The molecule has 0 spiro atoms. The first kappa shape index (κ1) is 21.5. The number of unbranched alkanes of at least 4 members (excludes halogenated alkanes) is 10. The van der Waals surface area contributed by atoms with Crippen LogP contribution in [0, 0.1) is 0 Å². The Bertz CT molecular complexity index is 378. The highest BCUT2D eigenvalue weighted by Gasteiger charge is 2.22. The number of aliphatic hydroxyl groups excluding tert-OH is 1. The second kappa shape index (κ2) is 13.0. The van der Waals surface area contributed by atoms with Gasteiger partial charge in [0.2, 0.25) is 0 Å². The highest BCUT2D eigenvalue weighted by atomic mass is 32.2. The monoisotopic (exact) mass is 336 g/mol. The summed E-state index contributed by atoms with van der Waals surface area (Å²) in [6.45, 7) is 2.22. The molecule has 1 atom stereocenters. The van der Waals surface area contributed by atoms with E-state index in [1.807, 2.05) is 0 Å². The van der Waals surface area contributed by atoms with Crippen LogP contribution in [0.3, 0.4) is 0 Å². The maximum absolute atomic E-state index is 11.4. The number of rotatable bonds is 15. The van der Waals surface area contributed by atoms with Crippen molar-refractivity contribution in [3.8, 4) is 0 Å². The Labute approximate surface area is 135 Å². The van der Waals surface area contributed by atoms with Crippen molar-refractivity contribution in [2.24, 2.45) is 0 Å². The molecule has 2 N–H and O–H groups in total. The Hall–Kier alpha value is -0.460. The van der Waals surface area contributed by atoms with E-state index in [1.165, 1.54) is 51.4 Å². The van der Waals surface area contributed by atoms with Crippen LogP contribution in [0.2, 0.25) is 0 Å². The molecule has 6 heteroatoms. The van der Waals surface area contributed by atoms with E-state index in [4.69, 9.17) is 9.66 Å². The lowest BCUT2D eigenvalue weighted by Gasteiger charge is -2.06. The zero-order valence-corrected chi connectivity index (χ0v) is 14.6. The van der Waals surface area contributed by atoms with Crippen molar-refractivity contribution in [1.29, 1.82) is 0 Å². The molecule has 132 valence electrons. The van der Waals surface area contributed by atoms with Gasteiger partial charge in [0, 0.05) is 12.8 Å². The van der Waals surface area contributed by atoms with E-state index in [0.29, 0.717) is 6.42 Å². The molecule has 5 nitrogen and oxygen atoms in total. The predicted molar refractivity (Wildman–Crippen MR) is 88.3 cm³/mol. The number of Topliss-reactive ketones (excluding diaryl/α,β-unsaturated/α-hetero) is 1. The van der Waals surface area contributed by atoms with Crippen LogP contribution in [0.5, 0.6) is 0 Å². The van der Waals surface area contributed by atoms with Crippen LogP contribution < -0.4 is 0 Å². The van der Waals surface area contributed by atoms with Crippen molar-refractivity contribution in [3.63, 3.8) is 0 Å². The average Bonchev–Trinajstić information content (AvgIpc) is 2.43. The van der Waals surface area contributed by atoms with Gasteiger partial charge in [-0.15, -0.1) is 0 Å². The lowest BCUT2D eigenvalue weighted by atomic mass is 10.0. The largest absolute Gasteiger partial charge is 0.375 e. The summed E-state index contributed by atoms with van der Waals surface area (Å²) in [6, 6.07) is 0. The molecule has 0 aromatic carbocycles. The molecule has 0 radical (unpaired) electrons. The first-order chi connectivity index (χ1) is 10.4. The summed E-state index contributed by atoms with van der Waals surface area (Å²) in [5, 5.41) is 9.07. The third-order valence-electron chi connectivity index (χ3n) is 3.81. The van der Waals surface area contributed by atoms with Gasteiger partial charge >= 0.3 is 0 Å². The molecular formula is C16H32O5S. The molecule has 0 fully saturated rings. The maximum atomic E-state index is 11.4. The molecule has 0 aliphatic rings. The molecule has 0 amide bonds. The molecule has 0 bridgehead atoms. The predicted octanol–water partition coefficient (Wildman–Crippen LogP) is 3.85. The maximum Gasteiger partial charge on any atom is 0.292 e. The Morgan fingerprint density at radius 1 is 0.864 bits per heavy atom. The van der Waals surface area contributed by atoms with Crippen molar-refractivity contribution in [3.05, 3.63) is 0 Å². The quantitative estimate of drug-likeness (QED) is 0.350. The smallest absolute Gasteiger partial charge is 0.292 e. The van der Waals surface area contributed by atoms with Gasteiger partial charge in [0.15, 0.2) is 5.44 Å². The molecule has 0 saturated carbocycles. The summed E-state index contributed by atoms with van der Waals surface area (Å²) in [5.41, 5.74) is -1.98. The van der Waals surface area contributed by atoms with Crippen LogP contribution in [-0.2, 0) is 14.9 Å². The van der Waals surface area contributed by atoms with Gasteiger partial charge in [-0.2, -0.15) is 8.42 Å². The molecule has 1 unspecified atom stereocenters. The highest BCUT2D eigenvalue weighted by Crippen LogP contribution is 2.13. The van der Waals surface area contributed by atoms with Crippen molar-refractivity contribution in [1.82, 2.24) is 0 Å². The SMILES string of the molecule is CCCCCCCCCCCCCC(=O)CC(O)S(=O)(=O)O. The Kier molecular flexibility index (Phi) is 12.8. The van der Waals surface area contributed by atoms with Crippen molar-refractivity contribution in [2.75, 3.05) is 0 Å². The Morgan fingerprint density at radius 2 is 1.27 bits per heavy atom. The minimum absolute atomic E-state index is 0.267. The summed E-state index contributed by atoms with van der Waals surface area (Å²) in [6.07, 6.45) is 12.8. The highest BCUT2D eigenvalue weighted by molar-refractivity contribution is 7.86. The fraction of sp³-hybridized carbons (Fsp3) is 0.938. The zero-order chi connectivity index (χ0) is 16.8. The Balaban J connectivity index is 3.37. The van der Waals surface area contributed by atoms with E-state index in [9.17, 15) is 13.2 Å². The van der Waals surface area contributed by atoms with Crippen LogP contribution in [0.4, 0.5) is 0 Å². The molecule has 0 heterocycles. The number of ketones is 1. The molecule has 0 aromatic heterocycles. The molecule has 0 aromatic rings. The summed E-state index contributed by atoms with van der Waals surface area (Å²) in [4.78, 5) is 11.4. The lowest BCUT2D eigenvalue weighted by molar-refractivity contribution is -0.120. The molecule has 0 aliphatic heterocycles. The van der Waals surface area contributed by atoms with Crippen molar-refractivity contribution < 1.29 is 22.9 Å². The minimum atomic E-state index is -4.52. The Morgan fingerprint density at radius 3 is 1.68 bits per heavy atom. The van der Waals surface area contributed by atoms with Crippen LogP contribution >= 0.6 is 0 Å². The second-order valence-electron chi connectivity index (χ2n) is 6.00. The van der Waals surface area contributed by atoms with Gasteiger partial charge in [-0.05, 0) is 6.42 Å². The van der Waals surface area contributed by atoms with Crippen LogP contribution in [-0.4, -0.2) is 29.3 Å². The van der Waals surface area contributed by atoms with Crippen molar-refractivity contribution >= 4 is 15.9 Å². The van der Waals surface area contributed by atoms with Gasteiger partial charge in [-0.25, -0.2) is 0 Å². The third-order valence-corrected chi connectivity index (χ3v) is 4.66. The van der Waals surface area contributed by atoms with Gasteiger partial charge in [0.05, 0.1) is 0 Å². The van der Waals surface area contributed by atoms with Crippen LogP contribution in [0.15, 0.2) is 0 Å². The number of carbonyl (C=O) groups excluding carboxylic acids is 1. The van der Waals surface area contributed by atoms with Crippen LogP contribution in [0.25, 0.3) is 0 Å². The van der Waals surface area contributed by atoms with Gasteiger partial charge in [-0.3, -0.25) is 9.35 Å². The molecule has 0 rings (SSSR count). The van der Waals surface area contributed by atoms with E-state index in [0.717, 1.165) is 12.8 Å². The molecular weight excluding hydrogens is 304 g/mol. The topological polar surface area (TPSA) is 91.7 Å². The minimum Gasteiger partial charge on any atom is -0.375 e. The second-order valence-corrected chi connectivity index (χ2v) is 7.57. The number of aliphatic hydroxyl groups is 1. The normalized spacial score (nSPS) is 13.2. The van der Waals surface area contributed by atoms with Gasteiger partial charge in [0.25, 0.3) is 10.1 Å². The lowest BCUT2D eigenvalue weighted by Crippen LogP contribution is -2.23.